The summed E-state index contributed by atoms with van der Waals surface area (Å²) in [4.78, 5) is 22.4. The Kier molecular flexibility index (Phi) is 6.21. The van der Waals surface area contributed by atoms with Gasteiger partial charge in [0.05, 0.1) is 5.69 Å². The molecule has 0 aliphatic carbocycles. The number of carboxylic acids is 1. The highest BCUT2D eigenvalue weighted by Gasteiger charge is 2.15. The van der Waals surface area contributed by atoms with Crippen LogP contribution in [-0.2, 0) is 11.3 Å². The minimum absolute atomic E-state index is 0.139. The zero-order chi connectivity index (χ0) is 15.1. The molecule has 112 valence electrons. The van der Waals surface area contributed by atoms with E-state index >= 15 is 0 Å². The summed E-state index contributed by atoms with van der Waals surface area (Å²) in [6.45, 7) is 7.15. The van der Waals surface area contributed by atoms with Crippen molar-refractivity contribution in [3.05, 3.63) is 17.5 Å². The van der Waals surface area contributed by atoms with Gasteiger partial charge < -0.3 is 10.4 Å². The lowest BCUT2D eigenvalue weighted by molar-refractivity contribution is -0.137. The number of aromatic nitrogens is 2. The normalized spacial score (nSPS) is 10.8. The molecule has 0 aromatic carbocycles. The van der Waals surface area contributed by atoms with E-state index in [0.29, 0.717) is 31.6 Å². The number of hydrogen-bond donors (Lipinski definition) is 2. The molecule has 0 aliphatic rings. The van der Waals surface area contributed by atoms with Crippen molar-refractivity contribution in [2.75, 3.05) is 6.54 Å². The molecule has 0 saturated carbocycles. The quantitative estimate of drug-likeness (QED) is 0.714. The van der Waals surface area contributed by atoms with Gasteiger partial charge in [-0.3, -0.25) is 14.3 Å². The molecule has 2 N–H and O–H groups in total. The van der Waals surface area contributed by atoms with Crippen molar-refractivity contribution >= 4 is 11.9 Å². The van der Waals surface area contributed by atoms with E-state index in [4.69, 9.17) is 5.11 Å². The number of unbranched alkanes of at least 4 members (excludes halogenated alkanes) is 1. The van der Waals surface area contributed by atoms with E-state index in [9.17, 15) is 9.59 Å². The Bertz CT molecular complexity index is 466. The number of nitrogens with zero attached hydrogens (tertiary/aromatic N) is 2. The predicted molar refractivity (Wildman–Crippen MR) is 75.8 cm³/mol. The van der Waals surface area contributed by atoms with Crippen LogP contribution in [0.3, 0.4) is 0 Å². The molecule has 0 saturated heterocycles. The summed E-state index contributed by atoms with van der Waals surface area (Å²) in [6, 6.07) is 1.82. The fourth-order valence-electron chi connectivity index (χ4n) is 1.84. The van der Waals surface area contributed by atoms with Gasteiger partial charge in [0, 0.05) is 19.5 Å². The maximum Gasteiger partial charge on any atom is 0.303 e. The van der Waals surface area contributed by atoms with E-state index in [-0.39, 0.29) is 18.2 Å². The van der Waals surface area contributed by atoms with Crippen LogP contribution in [0.4, 0.5) is 0 Å². The number of amides is 1. The maximum atomic E-state index is 12.1. The summed E-state index contributed by atoms with van der Waals surface area (Å²) in [5.74, 6) is -0.673. The van der Waals surface area contributed by atoms with Crippen molar-refractivity contribution in [1.29, 1.82) is 0 Å². The number of carboxylic acid groups (broad SMARTS) is 1. The number of carbonyl (C=O) groups excluding carboxylic acids is 1. The highest BCUT2D eigenvalue weighted by molar-refractivity contribution is 5.92. The van der Waals surface area contributed by atoms with Crippen LogP contribution in [0.1, 0.15) is 62.1 Å². The average molecular weight is 281 g/mol. The molecule has 1 aromatic heterocycles. The molecule has 1 rings (SSSR count). The van der Waals surface area contributed by atoms with Crippen LogP contribution in [-0.4, -0.2) is 33.3 Å². The molecule has 0 spiro atoms. The molecule has 0 radical (unpaired) electrons. The highest BCUT2D eigenvalue weighted by Crippen LogP contribution is 2.14. The SMILES string of the molecule is CCn1nc(C(C)C)cc1C(=O)NCCCCC(=O)O. The summed E-state index contributed by atoms with van der Waals surface area (Å²) in [5.41, 5.74) is 1.47. The zero-order valence-electron chi connectivity index (χ0n) is 12.3. The Hall–Kier alpha value is -1.85. The molecule has 1 aromatic rings. The third kappa shape index (κ3) is 4.68. The van der Waals surface area contributed by atoms with Crippen LogP contribution in [0, 0.1) is 0 Å². The number of carbonyl (C=O) groups is 2. The van der Waals surface area contributed by atoms with E-state index in [0.717, 1.165) is 5.69 Å². The minimum Gasteiger partial charge on any atom is -0.481 e. The lowest BCUT2D eigenvalue weighted by Crippen LogP contribution is -2.27. The molecule has 20 heavy (non-hydrogen) atoms. The number of aryl methyl sites for hydroxylation is 1. The second kappa shape index (κ2) is 7.67. The molecular weight excluding hydrogens is 258 g/mol. The molecule has 0 atom stereocenters. The predicted octanol–water partition coefficient (Wildman–Crippen LogP) is 2.01. The summed E-state index contributed by atoms with van der Waals surface area (Å²) in [5, 5.41) is 15.7. The van der Waals surface area contributed by atoms with E-state index in [1.54, 1.807) is 4.68 Å². The van der Waals surface area contributed by atoms with Gasteiger partial charge in [0.15, 0.2) is 0 Å². The molecule has 0 fully saturated rings. The topological polar surface area (TPSA) is 84.2 Å². The Morgan fingerprint density at radius 1 is 1.40 bits per heavy atom. The third-order valence-corrected chi connectivity index (χ3v) is 3.03. The maximum absolute atomic E-state index is 12.1. The van der Waals surface area contributed by atoms with Gasteiger partial charge in [-0.05, 0) is 31.7 Å². The molecule has 1 amide bonds. The monoisotopic (exact) mass is 281 g/mol. The van der Waals surface area contributed by atoms with Crippen molar-refractivity contribution < 1.29 is 14.7 Å². The van der Waals surface area contributed by atoms with Gasteiger partial charge in [-0.15, -0.1) is 0 Å². The number of aliphatic carboxylic acids is 1. The van der Waals surface area contributed by atoms with Gasteiger partial charge in [0.1, 0.15) is 5.69 Å². The molecule has 0 unspecified atom stereocenters. The van der Waals surface area contributed by atoms with E-state index < -0.39 is 5.97 Å². The first-order valence-electron chi connectivity index (χ1n) is 7.03. The second-order valence-electron chi connectivity index (χ2n) is 5.03. The minimum atomic E-state index is -0.804. The van der Waals surface area contributed by atoms with Crippen molar-refractivity contribution in [2.45, 2.75) is 52.5 Å². The summed E-state index contributed by atoms with van der Waals surface area (Å²) in [6.07, 6.45) is 1.37. The Balaban J connectivity index is 2.52. The summed E-state index contributed by atoms with van der Waals surface area (Å²) < 4.78 is 1.70. The van der Waals surface area contributed by atoms with Gasteiger partial charge >= 0.3 is 5.97 Å². The van der Waals surface area contributed by atoms with Crippen LogP contribution in [0.2, 0.25) is 0 Å². The lowest BCUT2D eigenvalue weighted by atomic mass is 10.1. The van der Waals surface area contributed by atoms with Crippen LogP contribution in [0.15, 0.2) is 6.07 Å². The summed E-state index contributed by atoms with van der Waals surface area (Å²) >= 11 is 0. The summed E-state index contributed by atoms with van der Waals surface area (Å²) in [7, 11) is 0. The van der Waals surface area contributed by atoms with Gasteiger partial charge in [-0.2, -0.15) is 5.10 Å². The highest BCUT2D eigenvalue weighted by atomic mass is 16.4. The van der Waals surface area contributed by atoms with Gasteiger partial charge in [0.2, 0.25) is 0 Å². The van der Waals surface area contributed by atoms with Crippen LogP contribution in [0.25, 0.3) is 0 Å². The number of rotatable bonds is 8. The molecule has 6 heteroatoms. The average Bonchev–Trinajstić information content (AvgIpc) is 2.82. The fourth-order valence-corrected chi connectivity index (χ4v) is 1.84. The number of nitrogens with one attached hydrogen (secondary N) is 1. The molecule has 6 nitrogen and oxygen atoms in total. The smallest absolute Gasteiger partial charge is 0.303 e. The van der Waals surface area contributed by atoms with Crippen LogP contribution < -0.4 is 5.32 Å². The Morgan fingerprint density at radius 2 is 2.10 bits per heavy atom. The fraction of sp³-hybridized carbons (Fsp3) is 0.643. The first-order valence-corrected chi connectivity index (χ1v) is 7.03. The van der Waals surface area contributed by atoms with Gasteiger partial charge in [0.25, 0.3) is 5.91 Å². The third-order valence-electron chi connectivity index (χ3n) is 3.03. The first-order chi connectivity index (χ1) is 9.45. The number of hydrogen-bond acceptors (Lipinski definition) is 3. The molecule has 0 bridgehead atoms. The van der Waals surface area contributed by atoms with E-state index in [1.807, 2.05) is 26.8 Å². The Morgan fingerprint density at radius 3 is 2.65 bits per heavy atom. The van der Waals surface area contributed by atoms with Crippen molar-refractivity contribution in [3.63, 3.8) is 0 Å². The van der Waals surface area contributed by atoms with Crippen molar-refractivity contribution in [2.24, 2.45) is 0 Å². The van der Waals surface area contributed by atoms with Crippen LogP contribution in [0.5, 0.6) is 0 Å². The molecule has 0 aliphatic heterocycles. The van der Waals surface area contributed by atoms with E-state index in [2.05, 4.69) is 10.4 Å². The first kappa shape index (κ1) is 16.2. The van der Waals surface area contributed by atoms with Gasteiger partial charge in [-0.25, -0.2) is 0 Å². The molecular formula is C14H23N3O3. The molecule has 1 heterocycles. The lowest BCUT2D eigenvalue weighted by Gasteiger charge is -2.06. The van der Waals surface area contributed by atoms with Gasteiger partial charge in [-0.1, -0.05) is 13.8 Å². The largest absolute Gasteiger partial charge is 0.481 e. The van der Waals surface area contributed by atoms with Crippen LogP contribution >= 0.6 is 0 Å². The zero-order valence-corrected chi connectivity index (χ0v) is 12.3. The van der Waals surface area contributed by atoms with Crippen molar-refractivity contribution in [1.82, 2.24) is 15.1 Å². The second-order valence-corrected chi connectivity index (χ2v) is 5.03. The Labute approximate surface area is 119 Å². The standard InChI is InChI=1S/C14H23N3O3/c1-4-17-12(9-11(16-17)10(2)3)14(20)15-8-6-5-7-13(18)19/h9-10H,4-8H2,1-3H3,(H,15,20)(H,18,19). The van der Waals surface area contributed by atoms with E-state index in [1.165, 1.54) is 0 Å². The van der Waals surface area contributed by atoms with Crippen molar-refractivity contribution in [3.8, 4) is 0 Å².